The number of halogens is 3. The van der Waals surface area contributed by atoms with Crippen molar-refractivity contribution in [3.63, 3.8) is 0 Å². The molecule has 1 aromatic rings. The number of thioether (sulfide) groups is 2. The molecule has 1 rings (SSSR count). The molecular formula is C17H20F3NO4S2. The van der Waals surface area contributed by atoms with Crippen molar-refractivity contribution >= 4 is 40.5 Å². The maximum Gasteiger partial charge on any atom is 0.416 e. The third-order valence-electron chi connectivity index (χ3n) is 3.43. The lowest BCUT2D eigenvalue weighted by atomic mass is 10.1. The molecule has 0 saturated carbocycles. The summed E-state index contributed by atoms with van der Waals surface area (Å²) >= 11 is 2.18. The topological polar surface area (TPSA) is 83.5 Å². The smallest absolute Gasteiger partial charge is 0.416 e. The first kappa shape index (κ1) is 23.4. The zero-order valence-electron chi connectivity index (χ0n) is 14.7. The Morgan fingerprint density at radius 2 is 1.74 bits per heavy atom. The number of rotatable bonds is 9. The van der Waals surface area contributed by atoms with E-state index in [2.05, 4.69) is 5.32 Å². The Morgan fingerprint density at radius 3 is 2.22 bits per heavy atom. The quantitative estimate of drug-likeness (QED) is 0.633. The van der Waals surface area contributed by atoms with Crippen LogP contribution in [0.2, 0.25) is 0 Å². The Balaban J connectivity index is 2.52. The fraction of sp³-hybridized carbons (Fsp3) is 0.471. The van der Waals surface area contributed by atoms with Crippen molar-refractivity contribution in [3.05, 3.63) is 35.4 Å². The summed E-state index contributed by atoms with van der Waals surface area (Å²) in [6, 6.07) is 3.50. The zero-order chi connectivity index (χ0) is 20.6. The van der Waals surface area contributed by atoms with Gasteiger partial charge < -0.3 is 10.4 Å². The third-order valence-corrected chi connectivity index (χ3v) is 5.61. The largest absolute Gasteiger partial charge is 0.480 e. The summed E-state index contributed by atoms with van der Waals surface area (Å²) in [5.74, 6) is -1.56. The van der Waals surface area contributed by atoms with Crippen LogP contribution >= 0.6 is 23.5 Å². The van der Waals surface area contributed by atoms with Gasteiger partial charge in [-0.15, -0.1) is 0 Å². The molecule has 0 aliphatic carbocycles. The van der Waals surface area contributed by atoms with Crippen LogP contribution < -0.4 is 5.32 Å². The minimum atomic E-state index is -4.40. The summed E-state index contributed by atoms with van der Waals surface area (Å²) in [6.07, 6.45) is -4.40. The average Bonchev–Trinajstić information content (AvgIpc) is 2.58. The highest BCUT2D eigenvalue weighted by Crippen LogP contribution is 2.29. The molecule has 2 N–H and O–H groups in total. The predicted molar refractivity (Wildman–Crippen MR) is 99.5 cm³/mol. The molecule has 0 fully saturated rings. The van der Waals surface area contributed by atoms with E-state index in [0.717, 1.165) is 23.9 Å². The van der Waals surface area contributed by atoms with Crippen molar-refractivity contribution in [1.82, 2.24) is 5.32 Å². The van der Waals surface area contributed by atoms with E-state index in [1.54, 1.807) is 6.92 Å². The highest BCUT2D eigenvalue weighted by Gasteiger charge is 2.30. The molecule has 0 unspecified atom stereocenters. The molecule has 150 valence electrons. The van der Waals surface area contributed by atoms with Gasteiger partial charge >= 0.3 is 12.1 Å². The molecule has 0 radical (unpaired) electrons. The normalized spacial score (nSPS) is 13.7. The van der Waals surface area contributed by atoms with E-state index >= 15 is 0 Å². The number of amides is 1. The van der Waals surface area contributed by atoms with Crippen LogP contribution in [0.15, 0.2) is 24.3 Å². The number of carbonyl (C=O) groups is 3. The second-order valence-corrected chi connectivity index (χ2v) is 8.04. The minimum absolute atomic E-state index is 0.0642. The fourth-order valence-electron chi connectivity index (χ4n) is 1.89. The number of carboxylic acids is 1. The first-order valence-electron chi connectivity index (χ1n) is 7.91. The van der Waals surface area contributed by atoms with Gasteiger partial charge in [-0.1, -0.05) is 30.8 Å². The lowest BCUT2D eigenvalue weighted by molar-refractivity contribution is -0.141. The molecule has 0 aromatic heterocycles. The van der Waals surface area contributed by atoms with E-state index in [4.69, 9.17) is 0 Å². The van der Waals surface area contributed by atoms with Gasteiger partial charge in [0.2, 0.25) is 5.91 Å². The van der Waals surface area contributed by atoms with E-state index in [1.165, 1.54) is 30.8 Å². The first-order chi connectivity index (χ1) is 12.5. The molecule has 5 nitrogen and oxygen atoms in total. The van der Waals surface area contributed by atoms with Crippen molar-refractivity contribution in [2.75, 3.05) is 11.5 Å². The van der Waals surface area contributed by atoms with Crippen LogP contribution in [-0.4, -0.2) is 39.6 Å². The summed E-state index contributed by atoms with van der Waals surface area (Å²) in [5, 5.41) is 11.5. The number of benzene rings is 1. The van der Waals surface area contributed by atoms with Gasteiger partial charge in [-0.2, -0.15) is 24.9 Å². The summed E-state index contributed by atoms with van der Waals surface area (Å²) in [5.41, 5.74) is -0.126. The van der Waals surface area contributed by atoms with Crippen LogP contribution in [0.5, 0.6) is 0 Å². The Hall–Kier alpha value is -1.68. The number of carboxylic acid groups (broad SMARTS) is 1. The van der Waals surface area contributed by atoms with Crippen LogP contribution in [0.25, 0.3) is 0 Å². The van der Waals surface area contributed by atoms with Crippen molar-refractivity contribution in [3.8, 4) is 0 Å². The van der Waals surface area contributed by atoms with Crippen LogP contribution in [0.3, 0.4) is 0 Å². The highest BCUT2D eigenvalue weighted by atomic mass is 32.2. The van der Waals surface area contributed by atoms with Crippen LogP contribution in [0.1, 0.15) is 25.0 Å². The molecule has 1 amide bonds. The van der Waals surface area contributed by atoms with E-state index in [1.807, 2.05) is 0 Å². The van der Waals surface area contributed by atoms with Gasteiger partial charge in [0.1, 0.15) is 6.04 Å². The molecule has 0 aliphatic heterocycles. The molecule has 10 heteroatoms. The lowest BCUT2D eigenvalue weighted by Crippen LogP contribution is -2.45. The van der Waals surface area contributed by atoms with Gasteiger partial charge in [-0.05, 0) is 17.7 Å². The number of hydrogen-bond donors (Lipinski definition) is 2. The first-order valence-corrected chi connectivity index (χ1v) is 10.0. The molecule has 0 bridgehead atoms. The molecule has 2 atom stereocenters. The second kappa shape index (κ2) is 10.6. The average molecular weight is 423 g/mol. The predicted octanol–water partition coefficient (Wildman–Crippen LogP) is 3.42. The van der Waals surface area contributed by atoms with Crippen molar-refractivity contribution in [2.45, 2.75) is 31.8 Å². The standard InChI is InChI=1S/C17H20F3NO4S2/c1-10(7-27-11(2)22)15(23)21-14(16(24)25)9-26-8-12-3-5-13(6-4-12)17(18,19)20/h3-6,10,14H,7-9H2,1-2H3,(H,21,23)(H,24,25)/t10-,14+/m1/s1. The minimum Gasteiger partial charge on any atom is -0.480 e. The van der Waals surface area contributed by atoms with Crippen LogP contribution in [-0.2, 0) is 26.3 Å². The van der Waals surface area contributed by atoms with Gasteiger partial charge in [-0.25, -0.2) is 4.79 Å². The Labute approximate surface area is 163 Å². The van der Waals surface area contributed by atoms with E-state index < -0.39 is 35.6 Å². The number of aliphatic carboxylic acids is 1. The molecule has 0 saturated heterocycles. The second-order valence-electron chi connectivity index (χ2n) is 5.81. The van der Waals surface area contributed by atoms with Crippen molar-refractivity contribution < 1.29 is 32.7 Å². The van der Waals surface area contributed by atoms with Gasteiger partial charge in [0.25, 0.3) is 0 Å². The molecule has 0 spiro atoms. The monoisotopic (exact) mass is 423 g/mol. The fourth-order valence-corrected chi connectivity index (χ4v) is 3.53. The third kappa shape index (κ3) is 8.70. The Bertz CT molecular complexity index is 665. The van der Waals surface area contributed by atoms with Gasteiger partial charge in [0.15, 0.2) is 5.12 Å². The number of hydrogen-bond acceptors (Lipinski definition) is 5. The molecule has 0 heterocycles. The number of carbonyl (C=O) groups excluding carboxylic acids is 2. The van der Waals surface area contributed by atoms with E-state index in [9.17, 15) is 32.7 Å². The number of nitrogens with one attached hydrogen (secondary N) is 1. The van der Waals surface area contributed by atoms with Crippen molar-refractivity contribution in [1.29, 1.82) is 0 Å². The van der Waals surface area contributed by atoms with Crippen molar-refractivity contribution in [2.24, 2.45) is 5.92 Å². The molecule has 0 aliphatic rings. The molecule has 1 aromatic carbocycles. The van der Waals surface area contributed by atoms with E-state index in [-0.39, 0.29) is 16.6 Å². The maximum absolute atomic E-state index is 12.5. The summed E-state index contributed by atoms with van der Waals surface area (Å²) < 4.78 is 37.6. The van der Waals surface area contributed by atoms with E-state index in [0.29, 0.717) is 11.3 Å². The van der Waals surface area contributed by atoms with Crippen LogP contribution in [0, 0.1) is 5.92 Å². The maximum atomic E-state index is 12.5. The Morgan fingerprint density at radius 1 is 1.15 bits per heavy atom. The van der Waals surface area contributed by atoms with Gasteiger partial charge in [-0.3, -0.25) is 9.59 Å². The number of alkyl halides is 3. The Kier molecular flexibility index (Phi) is 9.17. The van der Waals surface area contributed by atoms with Gasteiger partial charge in [0.05, 0.1) is 5.56 Å². The lowest BCUT2D eigenvalue weighted by Gasteiger charge is -2.17. The highest BCUT2D eigenvalue weighted by molar-refractivity contribution is 8.13. The van der Waals surface area contributed by atoms with Crippen LogP contribution in [0.4, 0.5) is 13.2 Å². The summed E-state index contributed by atoms with van der Waals surface area (Å²) in [7, 11) is 0. The SMILES string of the molecule is CC(=O)SC[C@@H](C)C(=O)N[C@@H](CSCc1ccc(C(F)(F)F)cc1)C(=O)O. The summed E-state index contributed by atoms with van der Waals surface area (Å²) in [6.45, 7) is 2.98. The zero-order valence-corrected chi connectivity index (χ0v) is 16.3. The molecule has 27 heavy (non-hydrogen) atoms. The molecular weight excluding hydrogens is 403 g/mol. The summed E-state index contributed by atoms with van der Waals surface area (Å²) in [4.78, 5) is 34.3. The van der Waals surface area contributed by atoms with Gasteiger partial charge in [0, 0.05) is 30.1 Å².